The highest BCUT2D eigenvalue weighted by atomic mass is 79.9. The molecule has 0 aliphatic carbocycles. The Bertz CT molecular complexity index is 379. The molecule has 0 saturated carbocycles. The number of benzene rings is 1. The maximum absolute atomic E-state index is 12.1. The van der Waals surface area contributed by atoms with Gasteiger partial charge in [0.25, 0.3) is 0 Å². The minimum Gasteiger partial charge on any atom is -0.303 e. The van der Waals surface area contributed by atoms with Crippen molar-refractivity contribution < 1.29 is 18.0 Å². The van der Waals surface area contributed by atoms with Gasteiger partial charge in [0.2, 0.25) is 0 Å². The van der Waals surface area contributed by atoms with Crippen molar-refractivity contribution in [3.63, 3.8) is 0 Å². The maximum Gasteiger partial charge on any atom is 0.446 e. The Hall–Kier alpha value is -0.490. The molecule has 1 nitrogen and oxygen atoms in total. The van der Waals surface area contributed by atoms with E-state index in [1.54, 1.807) is 6.07 Å². The van der Waals surface area contributed by atoms with Gasteiger partial charge >= 0.3 is 5.51 Å². The number of aryl methyl sites for hydroxylation is 1. The fourth-order valence-electron chi connectivity index (χ4n) is 1.14. The highest BCUT2D eigenvalue weighted by Crippen LogP contribution is 2.38. The van der Waals surface area contributed by atoms with Crippen molar-refractivity contribution in [2.45, 2.75) is 23.2 Å². The Labute approximate surface area is 104 Å². The second-order valence-corrected chi connectivity index (χ2v) is 5.00. The van der Waals surface area contributed by atoms with E-state index >= 15 is 0 Å². The van der Waals surface area contributed by atoms with Gasteiger partial charge in [0, 0.05) is 15.8 Å². The fraction of sp³-hybridized carbons (Fsp3) is 0.300. The summed E-state index contributed by atoms with van der Waals surface area (Å²) < 4.78 is 36.8. The zero-order chi connectivity index (χ0) is 12.2. The summed E-state index contributed by atoms with van der Waals surface area (Å²) in [5.74, 6) is 0. The molecule has 0 fully saturated rings. The van der Waals surface area contributed by atoms with Crippen LogP contribution in [0.4, 0.5) is 13.2 Å². The highest BCUT2D eigenvalue weighted by Gasteiger charge is 2.29. The van der Waals surface area contributed by atoms with Crippen molar-refractivity contribution in [2.75, 3.05) is 0 Å². The molecule has 0 spiro atoms. The summed E-state index contributed by atoms with van der Waals surface area (Å²) in [4.78, 5) is 10.3. The first-order valence-corrected chi connectivity index (χ1v) is 6.01. The lowest BCUT2D eigenvalue weighted by Crippen LogP contribution is -1.99. The van der Waals surface area contributed by atoms with E-state index in [1.807, 2.05) is 0 Å². The molecule has 0 aliphatic rings. The number of hydrogen-bond acceptors (Lipinski definition) is 2. The Morgan fingerprint density at radius 1 is 1.38 bits per heavy atom. The molecule has 1 aromatic rings. The Kier molecular flexibility index (Phi) is 4.86. The lowest BCUT2D eigenvalue weighted by molar-refractivity contribution is -0.107. The molecule has 0 heterocycles. The SMILES string of the molecule is O=CCCc1ccc(SC(F)(F)F)cc1Br. The molecule has 88 valence electrons. The third kappa shape index (κ3) is 4.57. The third-order valence-corrected chi connectivity index (χ3v) is 3.25. The molecule has 6 heteroatoms. The summed E-state index contributed by atoms with van der Waals surface area (Å²) in [6.07, 6.45) is 1.68. The average molecular weight is 313 g/mol. The van der Waals surface area contributed by atoms with E-state index in [4.69, 9.17) is 0 Å². The number of aldehydes is 1. The largest absolute Gasteiger partial charge is 0.446 e. The summed E-state index contributed by atoms with van der Waals surface area (Å²) in [5, 5.41) is 0. The second kappa shape index (κ2) is 5.72. The topological polar surface area (TPSA) is 17.1 Å². The smallest absolute Gasteiger partial charge is 0.303 e. The van der Waals surface area contributed by atoms with Gasteiger partial charge in [-0.25, -0.2) is 0 Å². The molecular formula is C10H8BrF3OS. The molecule has 0 N–H and O–H groups in total. The molecule has 0 amide bonds. The zero-order valence-electron chi connectivity index (χ0n) is 8.05. The van der Waals surface area contributed by atoms with Gasteiger partial charge in [0.1, 0.15) is 6.29 Å². The first-order chi connectivity index (χ1) is 7.42. The van der Waals surface area contributed by atoms with Crippen LogP contribution in [0.25, 0.3) is 0 Å². The Morgan fingerprint density at radius 2 is 2.06 bits per heavy atom. The first-order valence-electron chi connectivity index (χ1n) is 4.40. The third-order valence-electron chi connectivity index (χ3n) is 1.79. The number of thioether (sulfide) groups is 1. The van der Waals surface area contributed by atoms with Gasteiger partial charge in [-0.3, -0.25) is 0 Å². The second-order valence-electron chi connectivity index (χ2n) is 3.01. The van der Waals surface area contributed by atoms with Crippen molar-refractivity contribution in [2.24, 2.45) is 0 Å². The van der Waals surface area contributed by atoms with E-state index in [-0.39, 0.29) is 16.7 Å². The molecule has 1 rings (SSSR count). The van der Waals surface area contributed by atoms with Gasteiger partial charge in [-0.05, 0) is 35.9 Å². The minimum atomic E-state index is -4.27. The Morgan fingerprint density at radius 3 is 2.56 bits per heavy atom. The van der Waals surface area contributed by atoms with Crippen LogP contribution in [0, 0.1) is 0 Å². The van der Waals surface area contributed by atoms with Crippen molar-refractivity contribution in [3.8, 4) is 0 Å². The van der Waals surface area contributed by atoms with Gasteiger partial charge < -0.3 is 4.79 Å². The summed E-state index contributed by atoms with van der Waals surface area (Å²) in [6.45, 7) is 0. The number of alkyl halides is 3. The van der Waals surface area contributed by atoms with E-state index in [1.165, 1.54) is 12.1 Å². The number of rotatable bonds is 4. The summed E-state index contributed by atoms with van der Waals surface area (Å²) in [5.41, 5.74) is -3.44. The molecule has 0 atom stereocenters. The molecule has 1 aromatic carbocycles. The predicted octanol–water partition coefficient (Wildman–Crippen LogP) is 4.19. The van der Waals surface area contributed by atoms with Crippen LogP contribution in [-0.4, -0.2) is 11.8 Å². The van der Waals surface area contributed by atoms with Crippen molar-refractivity contribution in [3.05, 3.63) is 28.2 Å². The highest BCUT2D eigenvalue weighted by molar-refractivity contribution is 9.10. The number of hydrogen-bond donors (Lipinski definition) is 0. The molecule has 0 aromatic heterocycles. The molecule has 0 unspecified atom stereocenters. The summed E-state index contributed by atoms with van der Waals surface area (Å²) >= 11 is 3.04. The molecule has 0 radical (unpaired) electrons. The van der Waals surface area contributed by atoms with Crippen molar-refractivity contribution in [1.82, 2.24) is 0 Å². The molecule has 0 aliphatic heterocycles. The van der Waals surface area contributed by atoms with E-state index in [9.17, 15) is 18.0 Å². The zero-order valence-corrected chi connectivity index (χ0v) is 10.5. The van der Waals surface area contributed by atoms with Gasteiger partial charge in [0.05, 0.1) is 0 Å². The van der Waals surface area contributed by atoms with Gasteiger partial charge in [0.15, 0.2) is 0 Å². The van der Waals surface area contributed by atoms with Crippen molar-refractivity contribution in [1.29, 1.82) is 0 Å². The first kappa shape index (κ1) is 13.6. The molecular weight excluding hydrogens is 305 g/mol. The lowest BCUT2D eigenvalue weighted by Gasteiger charge is -2.08. The molecule has 16 heavy (non-hydrogen) atoms. The molecule has 0 saturated heterocycles. The van der Waals surface area contributed by atoms with Crippen molar-refractivity contribution >= 4 is 34.0 Å². The van der Waals surface area contributed by atoms with Crippen LogP contribution in [0.1, 0.15) is 12.0 Å². The van der Waals surface area contributed by atoms with Crippen LogP contribution in [-0.2, 0) is 11.2 Å². The summed E-state index contributed by atoms with van der Waals surface area (Å²) in [7, 11) is 0. The van der Waals surface area contributed by atoms with Crippen LogP contribution < -0.4 is 0 Å². The molecule has 0 bridgehead atoms. The van der Waals surface area contributed by atoms with Crippen LogP contribution in [0.2, 0.25) is 0 Å². The van der Waals surface area contributed by atoms with Gasteiger partial charge in [-0.2, -0.15) is 13.2 Å². The number of carbonyl (C=O) groups excluding carboxylic acids is 1. The number of carbonyl (C=O) groups is 1. The normalized spacial score (nSPS) is 11.5. The number of halogens is 4. The van der Waals surface area contributed by atoms with Crippen LogP contribution in [0.5, 0.6) is 0 Å². The quantitative estimate of drug-likeness (QED) is 0.612. The van der Waals surface area contributed by atoms with Crippen LogP contribution in [0.15, 0.2) is 27.6 Å². The van der Waals surface area contributed by atoms with Gasteiger partial charge in [-0.1, -0.05) is 22.0 Å². The van der Waals surface area contributed by atoms with E-state index in [2.05, 4.69) is 15.9 Å². The Balaban J connectivity index is 2.78. The minimum absolute atomic E-state index is 0.134. The van der Waals surface area contributed by atoms with E-state index < -0.39 is 5.51 Å². The lowest BCUT2D eigenvalue weighted by atomic mass is 10.1. The maximum atomic E-state index is 12.1. The monoisotopic (exact) mass is 312 g/mol. The fourth-order valence-corrected chi connectivity index (χ4v) is 2.45. The van der Waals surface area contributed by atoms with Crippen LogP contribution >= 0.6 is 27.7 Å². The van der Waals surface area contributed by atoms with E-state index in [0.29, 0.717) is 17.3 Å². The standard InChI is InChI=1S/C10H8BrF3OS/c11-9-6-8(16-10(12,13)14)4-3-7(9)2-1-5-15/h3-6H,1-2H2. The van der Waals surface area contributed by atoms with Crippen LogP contribution in [0.3, 0.4) is 0 Å². The predicted molar refractivity (Wildman–Crippen MR) is 60.4 cm³/mol. The van der Waals surface area contributed by atoms with Gasteiger partial charge in [-0.15, -0.1) is 0 Å². The average Bonchev–Trinajstić information content (AvgIpc) is 2.14. The summed E-state index contributed by atoms with van der Waals surface area (Å²) in [6, 6.07) is 4.42. The van der Waals surface area contributed by atoms with E-state index in [0.717, 1.165) is 11.8 Å².